The first kappa shape index (κ1) is 12.3. The summed E-state index contributed by atoms with van der Waals surface area (Å²) in [5.74, 6) is 1.49. The lowest BCUT2D eigenvalue weighted by molar-refractivity contribution is 0.194. The molecule has 92 valence electrons. The first-order valence-electron chi connectivity index (χ1n) is 6.23. The molecule has 3 atom stereocenters. The largest absolute Gasteiger partial charge is 0.397 e. The maximum Gasteiger partial charge on any atom is 0.347 e. The van der Waals surface area contributed by atoms with Crippen LogP contribution < -0.4 is 0 Å². The molecule has 16 heavy (non-hydrogen) atoms. The van der Waals surface area contributed by atoms with E-state index in [0.29, 0.717) is 11.5 Å². The van der Waals surface area contributed by atoms with Crippen molar-refractivity contribution in [1.29, 1.82) is 0 Å². The quantitative estimate of drug-likeness (QED) is 0.555. The van der Waals surface area contributed by atoms with Gasteiger partial charge in [0.1, 0.15) is 0 Å². The summed E-state index contributed by atoms with van der Waals surface area (Å²) < 4.78 is 11.9. The minimum atomic E-state index is -2.12. The van der Waals surface area contributed by atoms with E-state index in [1.807, 2.05) is 14.2 Å². The molecule has 2 aliphatic carbocycles. The molecule has 3 unspecified atom stereocenters. The van der Waals surface area contributed by atoms with Gasteiger partial charge in [0.05, 0.1) is 0 Å². The number of hydrogen-bond acceptors (Lipinski definition) is 2. The molecule has 1 fully saturated rings. The molecule has 0 aliphatic heterocycles. The van der Waals surface area contributed by atoms with Crippen LogP contribution in [-0.4, -0.2) is 22.8 Å². The highest BCUT2D eigenvalue weighted by Crippen LogP contribution is 2.57. The predicted octanol–water partition coefficient (Wildman–Crippen LogP) is 3.49. The fraction of sp³-hybridized carbons (Fsp3) is 0.846. The van der Waals surface area contributed by atoms with Crippen LogP contribution in [0.3, 0.4) is 0 Å². The Labute approximate surface area is 100 Å². The Kier molecular flexibility index (Phi) is 3.06. The van der Waals surface area contributed by atoms with E-state index < -0.39 is 8.56 Å². The molecule has 0 radical (unpaired) electrons. The van der Waals surface area contributed by atoms with E-state index in [0.717, 1.165) is 5.92 Å². The molecule has 0 aromatic heterocycles. The van der Waals surface area contributed by atoms with E-state index in [2.05, 4.69) is 32.9 Å². The second-order valence-corrected chi connectivity index (χ2v) is 10.6. The van der Waals surface area contributed by atoms with Gasteiger partial charge >= 0.3 is 8.56 Å². The van der Waals surface area contributed by atoms with Crippen LogP contribution >= 0.6 is 0 Å². The minimum absolute atomic E-state index is 0.138. The molecule has 3 heteroatoms. The van der Waals surface area contributed by atoms with Crippen LogP contribution in [-0.2, 0) is 8.85 Å². The lowest BCUT2D eigenvalue weighted by Gasteiger charge is -2.45. The van der Waals surface area contributed by atoms with Crippen LogP contribution in [0.4, 0.5) is 0 Å². The van der Waals surface area contributed by atoms with Gasteiger partial charge in [-0.2, -0.15) is 0 Å². The van der Waals surface area contributed by atoms with Gasteiger partial charge in [-0.1, -0.05) is 32.9 Å². The van der Waals surface area contributed by atoms with Crippen molar-refractivity contribution in [3.05, 3.63) is 12.2 Å². The van der Waals surface area contributed by atoms with Gasteiger partial charge in [-0.05, 0) is 24.7 Å². The third-order valence-corrected chi connectivity index (χ3v) is 9.36. The molecule has 0 spiro atoms. The topological polar surface area (TPSA) is 18.5 Å². The molecule has 1 saturated carbocycles. The molecule has 0 aromatic rings. The standard InChI is InChI=1S/C13H24O2Si/c1-13(2,3)16(14-4,15-5)12-9-10-6-7-11(12)8-10/h6-7,10-12H,8-9H2,1-5H3. The van der Waals surface area contributed by atoms with E-state index in [9.17, 15) is 0 Å². The van der Waals surface area contributed by atoms with Crippen LogP contribution in [0.15, 0.2) is 12.2 Å². The maximum absolute atomic E-state index is 5.97. The summed E-state index contributed by atoms with van der Waals surface area (Å²) in [5, 5.41) is 0.138. The van der Waals surface area contributed by atoms with E-state index in [1.54, 1.807) is 0 Å². The second-order valence-electron chi connectivity index (χ2n) is 6.21. The van der Waals surface area contributed by atoms with Crippen LogP contribution in [0.1, 0.15) is 33.6 Å². The van der Waals surface area contributed by atoms with Crippen molar-refractivity contribution < 1.29 is 8.85 Å². The van der Waals surface area contributed by atoms with Crippen molar-refractivity contribution in [2.45, 2.75) is 44.2 Å². The first-order chi connectivity index (χ1) is 7.44. The minimum Gasteiger partial charge on any atom is -0.397 e. The molecule has 2 rings (SSSR count). The molecular weight excluding hydrogens is 216 g/mol. The van der Waals surface area contributed by atoms with Gasteiger partial charge in [-0.3, -0.25) is 0 Å². The van der Waals surface area contributed by atoms with Gasteiger partial charge in [-0.25, -0.2) is 0 Å². The zero-order valence-electron chi connectivity index (χ0n) is 11.1. The Morgan fingerprint density at radius 2 is 1.69 bits per heavy atom. The summed E-state index contributed by atoms with van der Waals surface area (Å²) in [4.78, 5) is 0. The third kappa shape index (κ3) is 1.60. The summed E-state index contributed by atoms with van der Waals surface area (Å²) in [6, 6.07) is 0. The first-order valence-corrected chi connectivity index (χ1v) is 8.12. The lowest BCUT2D eigenvalue weighted by atomic mass is 10.1. The van der Waals surface area contributed by atoms with Gasteiger partial charge in [0.25, 0.3) is 0 Å². The fourth-order valence-corrected chi connectivity index (χ4v) is 8.31. The fourth-order valence-electron chi connectivity index (χ4n) is 3.77. The summed E-state index contributed by atoms with van der Waals surface area (Å²) in [6.07, 6.45) is 7.37. The van der Waals surface area contributed by atoms with Crippen molar-refractivity contribution in [2.75, 3.05) is 14.2 Å². The molecule has 2 nitrogen and oxygen atoms in total. The molecule has 0 aromatic carbocycles. The summed E-state index contributed by atoms with van der Waals surface area (Å²) in [6.45, 7) is 6.80. The SMILES string of the molecule is CO[Si](OC)(C1CC2C=CC1C2)C(C)(C)C. The van der Waals surface area contributed by atoms with Crippen molar-refractivity contribution in [3.63, 3.8) is 0 Å². The monoisotopic (exact) mass is 240 g/mol. The molecule has 0 heterocycles. The molecule has 0 N–H and O–H groups in total. The maximum atomic E-state index is 5.97. The summed E-state index contributed by atoms with van der Waals surface area (Å²) in [5.41, 5.74) is 0.637. The zero-order valence-corrected chi connectivity index (χ0v) is 12.1. The molecule has 2 aliphatic rings. The van der Waals surface area contributed by atoms with Crippen molar-refractivity contribution in [1.82, 2.24) is 0 Å². The highest BCUT2D eigenvalue weighted by Gasteiger charge is 2.59. The third-order valence-electron chi connectivity index (χ3n) is 4.42. The predicted molar refractivity (Wildman–Crippen MR) is 68.6 cm³/mol. The zero-order chi connectivity index (χ0) is 12.0. The smallest absolute Gasteiger partial charge is 0.347 e. The highest BCUT2D eigenvalue weighted by atomic mass is 28.4. The number of hydrogen-bond donors (Lipinski definition) is 0. The number of fused-ring (bicyclic) bond motifs is 2. The molecular formula is C13H24O2Si. The number of allylic oxidation sites excluding steroid dienone is 2. The van der Waals surface area contributed by atoms with E-state index in [4.69, 9.17) is 8.85 Å². The van der Waals surface area contributed by atoms with E-state index >= 15 is 0 Å². The van der Waals surface area contributed by atoms with Crippen LogP contribution in [0, 0.1) is 11.8 Å². The second kappa shape index (κ2) is 3.97. The van der Waals surface area contributed by atoms with Gasteiger partial charge in [0.15, 0.2) is 0 Å². The average molecular weight is 240 g/mol. The molecule has 0 saturated heterocycles. The van der Waals surface area contributed by atoms with Gasteiger partial charge < -0.3 is 8.85 Å². The average Bonchev–Trinajstić information content (AvgIpc) is 2.80. The Hall–Kier alpha value is -0.123. The Bertz CT molecular complexity index is 289. The van der Waals surface area contributed by atoms with Crippen molar-refractivity contribution >= 4 is 8.56 Å². The normalized spacial score (nSPS) is 33.7. The van der Waals surface area contributed by atoms with Crippen LogP contribution in [0.5, 0.6) is 0 Å². The lowest BCUT2D eigenvalue weighted by Crippen LogP contribution is -2.54. The van der Waals surface area contributed by atoms with Crippen molar-refractivity contribution in [2.24, 2.45) is 11.8 Å². The van der Waals surface area contributed by atoms with Gasteiger partial charge in [0, 0.05) is 24.8 Å². The Morgan fingerprint density at radius 3 is 2.00 bits per heavy atom. The Morgan fingerprint density at radius 1 is 1.06 bits per heavy atom. The summed E-state index contributed by atoms with van der Waals surface area (Å²) >= 11 is 0. The van der Waals surface area contributed by atoms with E-state index in [-0.39, 0.29) is 5.04 Å². The molecule has 0 amide bonds. The number of rotatable bonds is 3. The van der Waals surface area contributed by atoms with E-state index in [1.165, 1.54) is 12.8 Å². The van der Waals surface area contributed by atoms with Gasteiger partial charge in [-0.15, -0.1) is 0 Å². The van der Waals surface area contributed by atoms with Crippen LogP contribution in [0.2, 0.25) is 10.6 Å². The van der Waals surface area contributed by atoms with Crippen molar-refractivity contribution in [3.8, 4) is 0 Å². The Balaban J connectivity index is 2.30. The summed E-state index contributed by atoms with van der Waals surface area (Å²) in [7, 11) is 1.57. The highest BCUT2D eigenvalue weighted by molar-refractivity contribution is 6.72. The van der Waals surface area contributed by atoms with Gasteiger partial charge in [0.2, 0.25) is 0 Å². The van der Waals surface area contributed by atoms with Crippen LogP contribution in [0.25, 0.3) is 0 Å². The molecule has 2 bridgehead atoms.